The first-order valence-corrected chi connectivity index (χ1v) is 8.41. The van der Waals surface area contributed by atoms with Gasteiger partial charge in [0.15, 0.2) is 6.61 Å². The number of benzene rings is 2. The average molecular weight is 313 g/mol. The number of thioether (sulfide) groups is 1. The van der Waals surface area contributed by atoms with Crippen LogP contribution in [0.5, 0.6) is 5.75 Å². The van der Waals surface area contributed by atoms with E-state index in [-0.39, 0.29) is 18.6 Å². The summed E-state index contributed by atoms with van der Waals surface area (Å²) in [6.45, 7) is 2.07. The normalized spacial score (nSPS) is 16.7. The topological polar surface area (TPSA) is 38.3 Å². The number of fused-ring (bicyclic) bond motifs is 1. The maximum absolute atomic E-state index is 12.1. The summed E-state index contributed by atoms with van der Waals surface area (Å²) in [5.41, 5.74) is 2.38. The highest BCUT2D eigenvalue weighted by Crippen LogP contribution is 2.35. The van der Waals surface area contributed by atoms with Crippen LogP contribution >= 0.6 is 11.8 Å². The predicted molar refractivity (Wildman–Crippen MR) is 89.3 cm³/mol. The minimum absolute atomic E-state index is 0.0505. The summed E-state index contributed by atoms with van der Waals surface area (Å²) in [6, 6.07) is 16.1. The van der Waals surface area contributed by atoms with Gasteiger partial charge in [-0.1, -0.05) is 35.9 Å². The highest BCUT2D eigenvalue weighted by atomic mass is 32.2. The van der Waals surface area contributed by atoms with Crippen molar-refractivity contribution in [2.24, 2.45) is 0 Å². The lowest BCUT2D eigenvalue weighted by atomic mass is 10.0. The molecule has 0 aliphatic carbocycles. The molecule has 1 amide bonds. The van der Waals surface area contributed by atoms with Gasteiger partial charge in [-0.2, -0.15) is 0 Å². The molecule has 2 aromatic carbocycles. The molecule has 0 fully saturated rings. The molecule has 0 saturated heterocycles. The van der Waals surface area contributed by atoms with Crippen LogP contribution in [0.4, 0.5) is 0 Å². The fourth-order valence-corrected chi connectivity index (χ4v) is 3.64. The third-order valence-electron chi connectivity index (χ3n) is 3.68. The molecule has 3 rings (SSSR count). The molecule has 1 heterocycles. The zero-order valence-corrected chi connectivity index (χ0v) is 13.4. The summed E-state index contributed by atoms with van der Waals surface area (Å²) in [5, 5.41) is 3.08. The highest BCUT2D eigenvalue weighted by molar-refractivity contribution is 7.99. The Hall–Kier alpha value is -1.94. The average Bonchev–Trinajstić information content (AvgIpc) is 2.55. The van der Waals surface area contributed by atoms with Crippen molar-refractivity contribution in [1.29, 1.82) is 0 Å². The molecule has 0 saturated carbocycles. The van der Waals surface area contributed by atoms with E-state index < -0.39 is 0 Å². The van der Waals surface area contributed by atoms with E-state index in [1.165, 1.54) is 16.0 Å². The van der Waals surface area contributed by atoms with Gasteiger partial charge in [0.2, 0.25) is 0 Å². The van der Waals surface area contributed by atoms with E-state index >= 15 is 0 Å². The van der Waals surface area contributed by atoms with Crippen molar-refractivity contribution in [1.82, 2.24) is 5.32 Å². The van der Waals surface area contributed by atoms with Gasteiger partial charge in [0.05, 0.1) is 6.04 Å². The Kier molecular flexibility index (Phi) is 4.68. The van der Waals surface area contributed by atoms with Crippen molar-refractivity contribution in [2.45, 2.75) is 24.3 Å². The lowest BCUT2D eigenvalue weighted by Crippen LogP contribution is -2.34. The molecule has 1 N–H and O–H groups in total. The molecule has 0 aromatic heterocycles. The third-order valence-corrected chi connectivity index (χ3v) is 4.81. The SMILES string of the molecule is Cc1ccc(OCC(=O)N[C@@H]2CCSc3ccccc32)cc1. The largest absolute Gasteiger partial charge is 0.484 e. The molecule has 2 aromatic rings. The number of carbonyl (C=O) groups excluding carboxylic acids is 1. The van der Waals surface area contributed by atoms with Crippen LogP contribution in [-0.4, -0.2) is 18.3 Å². The number of aryl methyl sites for hydroxylation is 1. The number of hydrogen-bond donors (Lipinski definition) is 1. The van der Waals surface area contributed by atoms with Gasteiger partial charge in [-0.3, -0.25) is 4.79 Å². The van der Waals surface area contributed by atoms with Crippen LogP contribution in [0.25, 0.3) is 0 Å². The lowest BCUT2D eigenvalue weighted by Gasteiger charge is -2.25. The van der Waals surface area contributed by atoms with Crippen molar-refractivity contribution in [3.63, 3.8) is 0 Å². The third kappa shape index (κ3) is 3.63. The lowest BCUT2D eigenvalue weighted by molar-refractivity contribution is -0.123. The Morgan fingerprint density at radius 2 is 2.00 bits per heavy atom. The Bertz CT molecular complexity index is 654. The van der Waals surface area contributed by atoms with Crippen LogP contribution < -0.4 is 10.1 Å². The second kappa shape index (κ2) is 6.88. The summed E-state index contributed by atoms with van der Waals surface area (Å²) in [5.74, 6) is 1.67. The first kappa shape index (κ1) is 15.0. The van der Waals surface area contributed by atoms with E-state index in [0.717, 1.165) is 17.9 Å². The number of hydrogen-bond acceptors (Lipinski definition) is 3. The zero-order valence-electron chi connectivity index (χ0n) is 12.5. The van der Waals surface area contributed by atoms with Gasteiger partial charge in [0.25, 0.3) is 5.91 Å². The van der Waals surface area contributed by atoms with E-state index in [0.29, 0.717) is 0 Å². The van der Waals surface area contributed by atoms with Crippen molar-refractivity contribution in [3.05, 3.63) is 59.7 Å². The Morgan fingerprint density at radius 1 is 1.23 bits per heavy atom. The molecule has 1 aliphatic heterocycles. The smallest absolute Gasteiger partial charge is 0.258 e. The minimum atomic E-state index is -0.0766. The van der Waals surface area contributed by atoms with Crippen molar-refractivity contribution >= 4 is 17.7 Å². The van der Waals surface area contributed by atoms with Gasteiger partial charge in [0.1, 0.15) is 5.75 Å². The summed E-state index contributed by atoms with van der Waals surface area (Å²) >= 11 is 1.85. The van der Waals surface area contributed by atoms with Gasteiger partial charge in [0, 0.05) is 10.6 Å². The van der Waals surface area contributed by atoms with E-state index in [2.05, 4.69) is 17.4 Å². The molecule has 4 heteroatoms. The number of rotatable bonds is 4. The number of ether oxygens (including phenoxy) is 1. The van der Waals surface area contributed by atoms with E-state index in [4.69, 9.17) is 4.74 Å². The first-order chi connectivity index (χ1) is 10.7. The van der Waals surface area contributed by atoms with Gasteiger partial charge in [-0.15, -0.1) is 11.8 Å². The zero-order chi connectivity index (χ0) is 15.4. The molecule has 3 nitrogen and oxygen atoms in total. The molecule has 22 heavy (non-hydrogen) atoms. The molecule has 0 unspecified atom stereocenters. The maximum Gasteiger partial charge on any atom is 0.258 e. The summed E-state index contributed by atoms with van der Waals surface area (Å²) in [6.07, 6.45) is 0.956. The minimum Gasteiger partial charge on any atom is -0.484 e. The van der Waals surface area contributed by atoms with Crippen molar-refractivity contribution in [2.75, 3.05) is 12.4 Å². The molecule has 114 valence electrons. The van der Waals surface area contributed by atoms with Gasteiger partial charge in [-0.25, -0.2) is 0 Å². The fraction of sp³-hybridized carbons (Fsp3) is 0.278. The fourth-order valence-electron chi connectivity index (χ4n) is 2.51. The van der Waals surface area contributed by atoms with Crippen LogP contribution in [-0.2, 0) is 4.79 Å². The number of carbonyl (C=O) groups is 1. The summed E-state index contributed by atoms with van der Waals surface area (Å²) < 4.78 is 5.54. The quantitative estimate of drug-likeness (QED) is 0.935. The van der Waals surface area contributed by atoms with Gasteiger partial charge in [-0.05, 0) is 37.1 Å². The molecule has 1 aliphatic rings. The second-order valence-electron chi connectivity index (χ2n) is 5.40. The molecule has 0 bridgehead atoms. The molecule has 0 radical (unpaired) electrons. The standard InChI is InChI=1S/C18H19NO2S/c1-13-6-8-14(9-7-13)21-12-18(20)19-16-10-11-22-17-5-3-2-4-15(16)17/h2-9,16H,10-12H2,1H3,(H,19,20)/t16-/m1/s1. The van der Waals surface area contributed by atoms with Crippen LogP contribution in [0.3, 0.4) is 0 Å². The molecular formula is C18H19NO2S. The van der Waals surface area contributed by atoms with Crippen molar-refractivity contribution < 1.29 is 9.53 Å². The Labute approximate surface area is 135 Å². The first-order valence-electron chi connectivity index (χ1n) is 7.43. The van der Waals surface area contributed by atoms with Crippen molar-refractivity contribution in [3.8, 4) is 5.75 Å². The van der Waals surface area contributed by atoms with E-state index in [1.54, 1.807) is 0 Å². The maximum atomic E-state index is 12.1. The van der Waals surface area contributed by atoms with Crippen LogP contribution in [0.15, 0.2) is 53.4 Å². The molecule has 0 spiro atoms. The Balaban J connectivity index is 1.57. The summed E-state index contributed by atoms with van der Waals surface area (Å²) in [4.78, 5) is 13.4. The van der Waals surface area contributed by atoms with E-state index in [1.807, 2.05) is 55.1 Å². The van der Waals surface area contributed by atoms with Crippen LogP contribution in [0, 0.1) is 6.92 Å². The monoisotopic (exact) mass is 313 g/mol. The van der Waals surface area contributed by atoms with Crippen LogP contribution in [0.1, 0.15) is 23.6 Å². The second-order valence-corrected chi connectivity index (χ2v) is 6.53. The highest BCUT2D eigenvalue weighted by Gasteiger charge is 2.21. The van der Waals surface area contributed by atoms with Crippen LogP contribution in [0.2, 0.25) is 0 Å². The summed E-state index contributed by atoms with van der Waals surface area (Å²) in [7, 11) is 0. The molecular weight excluding hydrogens is 294 g/mol. The Morgan fingerprint density at radius 3 is 2.82 bits per heavy atom. The number of nitrogens with one attached hydrogen (secondary N) is 1. The number of amides is 1. The molecule has 1 atom stereocenters. The van der Waals surface area contributed by atoms with Gasteiger partial charge < -0.3 is 10.1 Å². The van der Waals surface area contributed by atoms with Gasteiger partial charge >= 0.3 is 0 Å². The van der Waals surface area contributed by atoms with E-state index in [9.17, 15) is 4.79 Å². The predicted octanol–water partition coefficient (Wildman–Crippen LogP) is 3.73.